The molecule has 0 spiro atoms. The number of nitrogens with one attached hydrogen (secondary N) is 1. The molecular weight excluding hydrogens is 224 g/mol. The van der Waals surface area contributed by atoms with Gasteiger partial charge in [-0.2, -0.15) is 0 Å². The van der Waals surface area contributed by atoms with Crippen LogP contribution in [0.2, 0.25) is 0 Å². The van der Waals surface area contributed by atoms with E-state index in [9.17, 15) is 4.79 Å². The van der Waals surface area contributed by atoms with E-state index < -0.39 is 0 Å². The first-order chi connectivity index (χ1) is 8.58. The molecule has 1 aromatic carbocycles. The Labute approximate surface area is 109 Å². The third-order valence-electron chi connectivity index (χ3n) is 2.75. The van der Waals surface area contributed by atoms with Crippen molar-refractivity contribution in [1.29, 1.82) is 0 Å². The maximum Gasteiger partial charge on any atom is 0.248 e. The zero-order valence-corrected chi connectivity index (χ0v) is 11.6. The lowest BCUT2D eigenvalue weighted by atomic mass is 10.2. The van der Waals surface area contributed by atoms with Gasteiger partial charge in [0, 0.05) is 24.0 Å². The summed E-state index contributed by atoms with van der Waals surface area (Å²) in [5.41, 5.74) is 2.00. The summed E-state index contributed by atoms with van der Waals surface area (Å²) in [6.07, 6.45) is 3.24. The molecule has 98 valence electrons. The minimum Gasteiger partial charge on any atom is -0.369 e. The van der Waals surface area contributed by atoms with Crippen LogP contribution >= 0.6 is 0 Å². The fourth-order valence-corrected chi connectivity index (χ4v) is 1.92. The molecule has 1 amide bonds. The average molecular weight is 246 g/mol. The van der Waals surface area contributed by atoms with Gasteiger partial charge >= 0.3 is 0 Å². The first kappa shape index (κ1) is 14.3. The van der Waals surface area contributed by atoms with Crippen molar-refractivity contribution in [2.45, 2.75) is 33.7 Å². The number of nitrogens with zero attached hydrogens (tertiary/aromatic N) is 1. The fourth-order valence-electron chi connectivity index (χ4n) is 1.92. The third kappa shape index (κ3) is 3.91. The smallest absolute Gasteiger partial charge is 0.248 e. The van der Waals surface area contributed by atoms with E-state index in [0.717, 1.165) is 12.2 Å². The molecule has 0 saturated heterocycles. The standard InChI is InChI=1S/C15H22N2O/c1-5-7-15(18)16-13-8-10-14(11-9-13)17(6-2)12(3)4/h5,7-12H,6H2,1-4H3,(H,16,18)/b7-5-. The summed E-state index contributed by atoms with van der Waals surface area (Å²) in [6.45, 7) is 9.28. The summed E-state index contributed by atoms with van der Waals surface area (Å²) < 4.78 is 0. The lowest BCUT2D eigenvalue weighted by Gasteiger charge is -2.27. The van der Waals surface area contributed by atoms with E-state index in [1.807, 2.05) is 31.2 Å². The summed E-state index contributed by atoms with van der Waals surface area (Å²) in [7, 11) is 0. The first-order valence-electron chi connectivity index (χ1n) is 6.38. The van der Waals surface area contributed by atoms with Crippen LogP contribution in [-0.2, 0) is 4.79 Å². The molecule has 0 heterocycles. The Morgan fingerprint density at radius 1 is 1.33 bits per heavy atom. The van der Waals surface area contributed by atoms with Crippen molar-refractivity contribution < 1.29 is 4.79 Å². The van der Waals surface area contributed by atoms with Gasteiger partial charge in [-0.15, -0.1) is 0 Å². The number of hydrogen-bond acceptors (Lipinski definition) is 2. The van der Waals surface area contributed by atoms with Crippen LogP contribution in [-0.4, -0.2) is 18.5 Å². The van der Waals surface area contributed by atoms with Crippen LogP contribution in [0.1, 0.15) is 27.7 Å². The van der Waals surface area contributed by atoms with Gasteiger partial charge in [0.1, 0.15) is 0 Å². The summed E-state index contributed by atoms with van der Waals surface area (Å²) in [5, 5.41) is 2.81. The number of hydrogen-bond donors (Lipinski definition) is 1. The van der Waals surface area contributed by atoms with Gasteiger partial charge in [-0.05, 0) is 58.0 Å². The van der Waals surface area contributed by atoms with Crippen LogP contribution in [0.5, 0.6) is 0 Å². The van der Waals surface area contributed by atoms with Crippen LogP contribution in [0.4, 0.5) is 11.4 Å². The minimum absolute atomic E-state index is 0.0959. The lowest BCUT2D eigenvalue weighted by Crippen LogP contribution is -2.30. The molecule has 0 saturated carbocycles. The SMILES string of the molecule is C/C=C\C(=O)Nc1ccc(N(CC)C(C)C)cc1. The predicted octanol–water partition coefficient (Wildman–Crippen LogP) is 3.44. The quantitative estimate of drug-likeness (QED) is 0.807. The molecule has 0 atom stereocenters. The normalized spacial score (nSPS) is 10.9. The Hall–Kier alpha value is -1.77. The molecule has 0 aliphatic carbocycles. The van der Waals surface area contributed by atoms with Crippen LogP contribution < -0.4 is 10.2 Å². The van der Waals surface area contributed by atoms with Gasteiger partial charge in [0.2, 0.25) is 5.91 Å². The maximum atomic E-state index is 11.4. The number of anilines is 2. The van der Waals surface area contributed by atoms with E-state index in [4.69, 9.17) is 0 Å². The van der Waals surface area contributed by atoms with E-state index in [1.165, 1.54) is 11.8 Å². The number of carbonyl (C=O) groups excluding carboxylic acids is 1. The highest BCUT2D eigenvalue weighted by molar-refractivity contribution is 5.99. The molecular formula is C15H22N2O. The largest absolute Gasteiger partial charge is 0.369 e. The van der Waals surface area contributed by atoms with E-state index >= 15 is 0 Å². The minimum atomic E-state index is -0.0959. The van der Waals surface area contributed by atoms with Crippen molar-refractivity contribution in [3.05, 3.63) is 36.4 Å². The number of benzene rings is 1. The molecule has 0 fully saturated rings. The Kier molecular flexibility index (Phi) is 5.43. The summed E-state index contributed by atoms with van der Waals surface area (Å²) in [4.78, 5) is 13.7. The van der Waals surface area contributed by atoms with Crippen molar-refractivity contribution in [1.82, 2.24) is 0 Å². The highest BCUT2D eigenvalue weighted by atomic mass is 16.1. The zero-order valence-electron chi connectivity index (χ0n) is 11.6. The van der Waals surface area contributed by atoms with Gasteiger partial charge in [0.25, 0.3) is 0 Å². The van der Waals surface area contributed by atoms with Crippen molar-refractivity contribution in [3.63, 3.8) is 0 Å². The van der Waals surface area contributed by atoms with Crippen LogP contribution in [0.15, 0.2) is 36.4 Å². The van der Waals surface area contributed by atoms with Gasteiger partial charge in [-0.1, -0.05) is 6.08 Å². The zero-order chi connectivity index (χ0) is 13.5. The molecule has 0 aromatic heterocycles. The van der Waals surface area contributed by atoms with Crippen molar-refractivity contribution in [2.75, 3.05) is 16.8 Å². The third-order valence-corrected chi connectivity index (χ3v) is 2.75. The molecule has 3 heteroatoms. The Morgan fingerprint density at radius 2 is 1.94 bits per heavy atom. The maximum absolute atomic E-state index is 11.4. The molecule has 0 aliphatic heterocycles. The average Bonchev–Trinajstić information content (AvgIpc) is 2.32. The summed E-state index contributed by atoms with van der Waals surface area (Å²) in [6, 6.07) is 8.41. The van der Waals surface area contributed by atoms with Gasteiger partial charge in [0.15, 0.2) is 0 Å². The molecule has 18 heavy (non-hydrogen) atoms. The first-order valence-corrected chi connectivity index (χ1v) is 6.38. The van der Waals surface area contributed by atoms with E-state index in [2.05, 4.69) is 31.0 Å². The highest BCUT2D eigenvalue weighted by Gasteiger charge is 2.07. The summed E-state index contributed by atoms with van der Waals surface area (Å²) >= 11 is 0. The number of rotatable bonds is 5. The molecule has 0 unspecified atom stereocenters. The molecule has 1 N–H and O–H groups in total. The van der Waals surface area contributed by atoms with E-state index in [0.29, 0.717) is 6.04 Å². The lowest BCUT2D eigenvalue weighted by molar-refractivity contribution is -0.111. The Morgan fingerprint density at radius 3 is 2.39 bits per heavy atom. The molecule has 0 aliphatic rings. The van der Waals surface area contributed by atoms with Gasteiger partial charge in [0.05, 0.1) is 0 Å². The molecule has 1 aromatic rings. The fraction of sp³-hybridized carbons (Fsp3) is 0.400. The van der Waals surface area contributed by atoms with Crippen LogP contribution in [0, 0.1) is 0 Å². The number of allylic oxidation sites excluding steroid dienone is 1. The second kappa shape index (κ2) is 6.84. The number of amides is 1. The summed E-state index contributed by atoms with van der Waals surface area (Å²) in [5.74, 6) is -0.0959. The topological polar surface area (TPSA) is 32.3 Å². The molecule has 3 nitrogen and oxygen atoms in total. The van der Waals surface area contributed by atoms with Crippen LogP contribution in [0.25, 0.3) is 0 Å². The van der Waals surface area contributed by atoms with Crippen molar-refractivity contribution in [3.8, 4) is 0 Å². The van der Waals surface area contributed by atoms with Crippen LogP contribution in [0.3, 0.4) is 0 Å². The van der Waals surface area contributed by atoms with Gasteiger partial charge in [-0.25, -0.2) is 0 Å². The Bertz CT molecular complexity index is 407. The van der Waals surface area contributed by atoms with Gasteiger partial charge in [-0.3, -0.25) is 4.79 Å². The highest BCUT2D eigenvalue weighted by Crippen LogP contribution is 2.19. The molecule has 0 radical (unpaired) electrons. The second-order valence-corrected chi connectivity index (χ2v) is 4.42. The van der Waals surface area contributed by atoms with Gasteiger partial charge < -0.3 is 10.2 Å². The molecule has 0 bridgehead atoms. The monoisotopic (exact) mass is 246 g/mol. The number of carbonyl (C=O) groups is 1. The van der Waals surface area contributed by atoms with E-state index in [1.54, 1.807) is 6.08 Å². The van der Waals surface area contributed by atoms with E-state index in [-0.39, 0.29) is 5.91 Å². The van der Waals surface area contributed by atoms with Crippen molar-refractivity contribution in [2.24, 2.45) is 0 Å². The predicted molar refractivity (Wildman–Crippen MR) is 78.0 cm³/mol. The Balaban J connectivity index is 2.76. The second-order valence-electron chi connectivity index (χ2n) is 4.42. The molecule has 1 rings (SSSR count). The van der Waals surface area contributed by atoms with Crippen molar-refractivity contribution >= 4 is 17.3 Å².